The smallest absolute Gasteiger partial charge is 0.310 e. The molecule has 0 saturated carbocycles. The van der Waals surface area contributed by atoms with E-state index in [1.807, 2.05) is 27.7 Å². The first-order chi connectivity index (χ1) is 11.8. The normalized spacial score (nSPS) is 19.3. The molecule has 1 heterocycles. The van der Waals surface area contributed by atoms with E-state index in [-0.39, 0.29) is 23.8 Å². The second kappa shape index (κ2) is 8.48. The van der Waals surface area contributed by atoms with Crippen molar-refractivity contribution in [2.75, 3.05) is 25.0 Å². The summed E-state index contributed by atoms with van der Waals surface area (Å²) in [7, 11) is 0. The van der Waals surface area contributed by atoms with Gasteiger partial charge in [0.15, 0.2) is 0 Å². The first-order valence-electron chi connectivity index (χ1n) is 9.12. The molecular weight excluding hydrogens is 316 g/mol. The Morgan fingerprint density at radius 3 is 2.52 bits per heavy atom. The van der Waals surface area contributed by atoms with Crippen molar-refractivity contribution in [3.63, 3.8) is 0 Å². The number of carbonyl (C=O) groups is 2. The van der Waals surface area contributed by atoms with Crippen LogP contribution in [0.15, 0.2) is 12.1 Å². The van der Waals surface area contributed by atoms with Crippen molar-refractivity contribution >= 4 is 17.6 Å². The highest BCUT2D eigenvalue weighted by atomic mass is 16.5. The third kappa shape index (κ3) is 4.82. The second-order valence-electron chi connectivity index (χ2n) is 7.03. The highest BCUT2D eigenvalue weighted by Crippen LogP contribution is 2.24. The molecule has 1 aromatic carbocycles. The van der Waals surface area contributed by atoms with Gasteiger partial charge >= 0.3 is 5.97 Å². The average Bonchev–Trinajstić information content (AvgIpc) is 2.57. The lowest BCUT2D eigenvalue weighted by Crippen LogP contribution is -2.48. The predicted octanol–water partition coefficient (Wildman–Crippen LogP) is 3.21. The van der Waals surface area contributed by atoms with Gasteiger partial charge in [-0.2, -0.15) is 0 Å². The van der Waals surface area contributed by atoms with Gasteiger partial charge in [-0.3, -0.25) is 14.5 Å². The Kier molecular flexibility index (Phi) is 6.59. The molecule has 0 aromatic heterocycles. The van der Waals surface area contributed by atoms with E-state index in [9.17, 15) is 9.59 Å². The number of ether oxygens (including phenoxy) is 1. The first-order valence-corrected chi connectivity index (χ1v) is 9.12. The van der Waals surface area contributed by atoms with Gasteiger partial charge in [0.1, 0.15) is 0 Å². The maximum atomic E-state index is 12.7. The average molecular weight is 346 g/mol. The molecular formula is C20H30N2O3. The van der Waals surface area contributed by atoms with E-state index < -0.39 is 0 Å². The number of benzene rings is 1. The molecule has 5 nitrogen and oxygen atoms in total. The summed E-state index contributed by atoms with van der Waals surface area (Å²) in [5.74, 6) is -0.309. The van der Waals surface area contributed by atoms with Crippen molar-refractivity contribution in [3.05, 3.63) is 28.8 Å². The summed E-state index contributed by atoms with van der Waals surface area (Å²) in [5.41, 5.74) is 4.22. The van der Waals surface area contributed by atoms with E-state index in [0.717, 1.165) is 36.2 Å². The number of likely N-dealkylation sites (tertiary alicyclic amines) is 1. The first kappa shape index (κ1) is 19.4. The van der Waals surface area contributed by atoms with Crippen molar-refractivity contribution in [2.24, 2.45) is 5.92 Å². The predicted molar refractivity (Wildman–Crippen MR) is 99.7 cm³/mol. The fraction of sp³-hybridized carbons (Fsp3) is 0.600. The lowest BCUT2D eigenvalue weighted by Gasteiger charge is -2.35. The van der Waals surface area contributed by atoms with Crippen molar-refractivity contribution in [3.8, 4) is 0 Å². The standard InChI is InChI=1S/C20H30N2O3/c1-6-25-20(24)17-8-7-9-22(12-17)16(5)19(23)21-18-14(3)10-13(2)11-15(18)4/h10-11,16-17H,6-9,12H2,1-5H3,(H,21,23)/t16-,17-/m0/s1. The molecule has 1 fully saturated rings. The number of amides is 1. The Morgan fingerprint density at radius 1 is 1.28 bits per heavy atom. The van der Waals surface area contributed by atoms with E-state index >= 15 is 0 Å². The molecule has 1 aliphatic heterocycles. The number of nitrogens with one attached hydrogen (secondary N) is 1. The molecule has 0 radical (unpaired) electrons. The van der Waals surface area contributed by atoms with Crippen LogP contribution in [0.25, 0.3) is 0 Å². The van der Waals surface area contributed by atoms with Gasteiger partial charge < -0.3 is 10.1 Å². The molecule has 25 heavy (non-hydrogen) atoms. The minimum atomic E-state index is -0.280. The lowest BCUT2D eigenvalue weighted by molar-refractivity contribution is -0.150. The molecule has 138 valence electrons. The van der Waals surface area contributed by atoms with E-state index in [4.69, 9.17) is 4.74 Å². The monoisotopic (exact) mass is 346 g/mol. The summed E-state index contributed by atoms with van der Waals surface area (Å²) in [6.45, 7) is 11.6. The summed E-state index contributed by atoms with van der Waals surface area (Å²) in [4.78, 5) is 26.8. The molecule has 2 atom stereocenters. The molecule has 1 N–H and O–H groups in total. The van der Waals surface area contributed by atoms with Crippen LogP contribution < -0.4 is 5.32 Å². The van der Waals surface area contributed by atoms with Crippen LogP contribution in [0.2, 0.25) is 0 Å². The van der Waals surface area contributed by atoms with Crippen molar-refractivity contribution in [2.45, 2.75) is 53.5 Å². The lowest BCUT2D eigenvalue weighted by atomic mass is 9.96. The molecule has 1 saturated heterocycles. The van der Waals surface area contributed by atoms with Gasteiger partial charge in [0.2, 0.25) is 5.91 Å². The number of rotatable bonds is 5. The highest BCUT2D eigenvalue weighted by molar-refractivity contribution is 5.96. The van der Waals surface area contributed by atoms with Gasteiger partial charge in [-0.05, 0) is 65.1 Å². The fourth-order valence-electron chi connectivity index (χ4n) is 3.58. The topological polar surface area (TPSA) is 58.6 Å². The maximum absolute atomic E-state index is 12.7. The maximum Gasteiger partial charge on any atom is 0.310 e. The zero-order chi connectivity index (χ0) is 18.6. The van der Waals surface area contributed by atoms with Gasteiger partial charge in [0.05, 0.1) is 18.6 Å². The van der Waals surface area contributed by atoms with E-state index in [0.29, 0.717) is 13.2 Å². The fourth-order valence-corrected chi connectivity index (χ4v) is 3.58. The van der Waals surface area contributed by atoms with Crippen LogP contribution in [0.5, 0.6) is 0 Å². The number of anilines is 1. The molecule has 2 rings (SSSR count). The van der Waals surface area contributed by atoms with Crippen LogP contribution in [0.1, 0.15) is 43.4 Å². The Morgan fingerprint density at radius 2 is 1.92 bits per heavy atom. The van der Waals surface area contributed by atoms with Gasteiger partial charge in [-0.1, -0.05) is 17.7 Å². The molecule has 0 spiro atoms. The van der Waals surface area contributed by atoms with E-state index in [1.165, 1.54) is 5.56 Å². The second-order valence-corrected chi connectivity index (χ2v) is 7.03. The molecule has 1 amide bonds. The Hall–Kier alpha value is -1.88. The minimum absolute atomic E-state index is 0.0282. The summed E-state index contributed by atoms with van der Waals surface area (Å²) < 4.78 is 5.14. The van der Waals surface area contributed by atoms with Crippen molar-refractivity contribution in [1.82, 2.24) is 4.90 Å². The zero-order valence-corrected chi connectivity index (χ0v) is 16.0. The number of carbonyl (C=O) groups excluding carboxylic acids is 2. The minimum Gasteiger partial charge on any atom is -0.466 e. The molecule has 1 aromatic rings. The number of hydrogen-bond donors (Lipinski definition) is 1. The van der Waals surface area contributed by atoms with Crippen LogP contribution in [-0.4, -0.2) is 42.5 Å². The Bertz CT molecular complexity index is 619. The number of hydrogen-bond acceptors (Lipinski definition) is 4. The van der Waals surface area contributed by atoms with Crippen LogP contribution in [0.3, 0.4) is 0 Å². The molecule has 0 unspecified atom stereocenters. The van der Waals surface area contributed by atoms with Gasteiger partial charge in [-0.25, -0.2) is 0 Å². The van der Waals surface area contributed by atoms with Gasteiger partial charge in [-0.15, -0.1) is 0 Å². The third-order valence-electron chi connectivity index (χ3n) is 4.93. The Balaban J connectivity index is 2.03. The van der Waals surface area contributed by atoms with Crippen LogP contribution in [0.4, 0.5) is 5.69 Å². The van der Waals surface area contributed by atoms with Crippen LogP contribution >= 0.6 is 0 Å². The van der Waals surface area contributed by atoms with E-state index in [1.54, 1.807) is 0 Å². The summed E-state index contributed by atoms with van der Waals surface area (Å²) in [6.07, 6.45) is 1.74. The van der Waals surface area contributed by atoms with Gasteiger partial charge in [0.25, 0.3) is 0 Å². The molecule has 5 heteroatoms. The summed E-state index contributed by atoms with van der Waals surface area (Å²) in [5, 5.41) is 3.08. The summed E-state index contributed by atoms with van der Waals surface area (Å²) >= 11 is 0. The SMILES string of the molecule is CCOC(=O)[C@H]1CCCN([C@@H](C)C(=O)Nc2c(C)cc(C)cc2C)C1. The number of piperidine rings is 1. The summed E-state index contributed by atoms with van der Waals surface area (Å²) in [6, 6.07) is 3.87. The number of esters is 1. The highest BCUT2D eigenvalue weighted by Gasteiger charge is 2.31. The van der Waals surface area contributed by atoms with Crippen LogP contribution in [-0.2, 0) is 14.3 Å². The van der Waals surface area contributed by atoms with Gasteiger partial charge in [0, 0.05) is 12.2 Å². The molecule has 0 aliphatic carbocycles. The third-order valence-corrected chi connectivity index (χ3v) is 4.93. The van der Waals surface area contributed by atoms with Crippen LogP contribution in [0, 0.1) is 26.7 Å². The van der Waals surface area contributed by atoms with E-state index in [2.05, 4.69) is 29.3 Å². The van der Waals surface area contributed by atoms with Crippen molar-refractivity contribution in [1.29, 1.82) is 0 Å². The molecule has 0 bridgehead atoms. The Labute approximate surface area is 150 Å². The quantitative estimate of drug-likeness (QED) is 0.832. The largest absolute Gasteiger partial charge is 0.466 e. The molecule has 1 aliphatic rings. The zero-order valence-electron chi connectivity index (χ0n) is 16.0. The number of aryl methyl sites for hydroxylation is 3. The van der Waals surface area contributed by atoms with Crippen molar-refractivity contribution < 1.29 is 14.3 Å². The number of nitrogens with zero attached hydrogens (tertiary/aromatic N) is 1.